The summed E-state index contributed by atoms with van der Waals surface area (Å²) >= 11 is 5.56. The summed E-state index contributed by atoms with van der Waals surface area (Å²) in [6.07, 6.45) is 0. The molecule has 0 saturated carbocycles. The van der Waals surface area contributed by atoms with Gasteiger partial charge in [-0.15, -0.1) is 12.4 Å². The van der Waals surface area contributed by atoms with Crippen molar-refractivity contribution in [3.8, 4) is 0 Å². The molecule has 0 bridgehead atoms. The molecule has 0 radical (unpaired) electrons. The lowest BCUT2D eigenvalue weighted by Gasteiger charge is -2.00. The number of nitrogens with two attached hydrogens (primary N) is 1. The monoisotopic (exact) mass is 207 g/mol. The second-order valence-electron chi connectivity index (χ2n) is 2.01. The molecule has 0 aliphatic carbocycles. The number of halogens is 2. The van der Waals surface area contributed by atoms with Gasteiger partial charge in [0.05, 0.1) is 5.02 Å². The highest BCUT2D eigenvalue weighted by Gasteiger charge is 2.10. The Balaban J connectivity index is 0.00000121. The zero-order chi connectivity index (χ0) is 8.43. The number of hydrogen-bond acceptors (Lipinski definition) is 2. The quantitative estimate of drug-likeness (QED) is 0.694. The summed E-state index contributed by atoms with van der Waals surface area (Å²) in [5, 5.41) is 8.75. The van der Waals surface area contributed by atoms with E-state index in [2.05, 4.69) is 0 Å². The van der Waals surface area contributed by atoms with Crippen molar-refractivity contribution in [2.45, 2.75) is 0 Å². The van der Waals surface area contributed by atoms with Gasteiger partial charge >= 0.3 is 5.97 Å². The first-order valence-electron chi connectivity index (χ1n) is 2.90. The number of nitrogen functional groups attached to an aromatic ring is 1. The van der Waals surface area contributed by atoms with Crippen molar-refractivity contribution in [3.05, 3.63) is 28.8 Å². The fourth-order valence-electron chi connectivity index (χ4n) is 0.766. The third-order valence-corrected chi connectivity index (χ3v) is 1.57. The largest absolute Gasteiger partial charge is 0.478 e. The maximum atomic E-state index is 10.5. The van der Waals surface area contributed by atoms with Gasteiger partial charge in [0.25, 0.3) is 0 Å². The number of hydrogen-bond donors (Lipinski definition) is 2. The van der Waals surface area contributed by atoms with Crippen molar-refractivity contribution in [3.63, 3.8) is 0 Å². The first-order chi connectivity index (χ1) is 5.13. The number of carbonyl (C=O) groups is 1. The molecule has 0 heterocycles. The van der Waals surface area contributed by atoms with E-state index in [0.717, 1.165) is 0 Å². The lowest BCUT2D eigenvalue weighted by molar-refractivity contribution is 0.0698. The second kappa shape index (κ2) is 4.18. The number of anilines is 1. The van der Waals surface area contributed by atoms with Crippen LogP contribution >= 0.6 is 24.0 Å². The number of carboxylic acid groups (broad SMARTS) is 1. The molecule has 0 unspecified atom stereocenters. The molecule has 0 fully saturated rings. The lowest BCUT2D eigenvalue weighted by atomic mass is 10.2. The van der Waals surface area contributed by atoms with Gasteiger partial charge in [-0.3, -0.25) is 0 Å². The van der Waals surface area contributed by atoms with Gasteiger partial charge in [0, 0.05) is 5.69 Å². The molecule has 66 valence electrons. The first kappa shape index (κ1) is 11.1. The highest BCUT2D eigenvalue weighted by Crippen LogP contribution is 2.21. The van der Waals surface area contributed by atoms with Crippen molar-refractivity contribution in [2.24, 2.45) is 0 Å². The van der Waals surface area contributed by atoms with Crippen LogP contribution in [0.15, 0.2) is 18.2 Å². The molecule has 1 aromatic carbocycles. The van der Waals surface area contributed by atoms with E-state index in [1.807, 2.05) is 0 Å². The minimum atomic E-state index is -1.10. The molecule has 0 aliphatic rings. The van der Waals surface area contributed by atoms with Gasteiger partial charge in [0.15, 0.2) is 0 Å². The van der Waals surface area contributed by atoms with Crippen molar-refractivity contribution in [1.82, 2.24) is 0 Å². The molecule has 0 aliphatic heterocycles. The predicted molar refractivity (Wildman–Crippen MR) is 50.1 cm³/mol. The van der Waals surface area contributed by atoms with Crippen LogP contribution in [-0.4, -0.2) is 11.1 Å². The lowest BCUT2D eigenvalue weighted by Crippen LogP contribution is -2.02. The second-order valence-corrected chi connectivity index (χ2v) is 2.42. The Labute approximate surface area is 80.5 Å². The highest BCUT2D eigenvalue weighted by molar-refractivity contribution is 6.34. The smallest absolute Gasteiger partial charge is 0.339 e. The first-order valence-corrected chi connectivity index (χ1v) is 3.28. The molecule has 3 nitrogen and oxygen atoms in total. The fraction of sp³-hybridized carbons (Fsp3) is 0. The zero-order valence-electron chi connectivity index (χ0n) is 5.95. The maximum Gasteiger partial charge on any atom is 0.339 e. The van der Waals surface area contributed by atoms with Gasteiger partial charge in [-0.05, 0) is 12.1 Å². The summed E-state index contributed by atoms with van der Waals surface area (Å²) in [4.78, 5) is 10.5. The summed E-state index contributed by atoms with van der Waals surface area (Å²) in [7, 11) is 0. The van der Waals surface area contributed by atoms with Crippen LogP contribution in [0, 0.1) is 0 Å². The van der Waals surface area contributed by atoms with Gasteiger partial charge in [-0.2, -0.15) is 0 Å². The molecule has 0 aromatic heterocycles. The Hall–Kier alpha value is -0.930. The Bertz CT molecular complexity index is 281. The molecule has 1 rings (SSSR count). The summed E-state index contributed by atoms with van der Waals surface area (Å²) in [6.45, 7) is 0. The minimum absolute atomic E-state index is 0. The maximum absolute atomic E-state index is 10.5. The normalized spacial score (nSPS) is 8.75. The third-order valence-electron chi connectivity index (χ3n) is 1.26. The van der Waals surface area contributed by atoms with Crippen LogP contribution in [0.5, 0.6) is 0 Å². The van der Waals surface area contributed by atoms with E-state index in [9.17, 15) is 4.79 Å². The van der Waals surface area contributed by atoms with Gasteiger partial charge in [-0.25, -0.2) is 4.79 Å². The number of benzene rings is 1. The van der Waals surface area contributed by atoms with Crippen molar-refractivity contribution >= 4 is 35.7 Å². The number of carboxylic acids is 1. The molecule has 12 heavy (non-hydrogen) atoms. The molecule has 1 aromatic rings. The SMILES string of the molecule is Cl.Nc1cccc(Cl)c1C(=O)O. The summed E-state index contributed by atoms with van der Waals surface area (Å²) in [5.74, 6) is -1.10. The van der Waals surface area contributed by atoms with Gasteiger partial charge in [0.2, 0.25) is 0 Å². The fourth-order valence-corrected chi connectivity index (χ4v) is 1.03. The topological polar surface area (TPSA) is 63.3 Å². The van der Waals surface area contributed by atoms with E-state index in [1.54, 1.807) is 6.07 Å². The average Bonchev–Trinajstić information content (AvgIpc) is 1.85. The molecule has 0 amide bonds. The van der Waals surface area contributed by atoms with E-state index in [1.165, 1.54) is 12.1 Å². The number of aromatic carboxylic acids is 1. The van der Waals surface area contributed by atoms with E-state index in [-0.39, 0.29) is 28.7 Å². The van der Waals surface area contributed by atoms with Gasteiger partial charge in [-0.1, -0.05) is 17.7 Å². The predicted octanol–water partition coefficient (Wildman–Crippen LogP) is 2.04. The molecule has 0 saturated heterocycles. The highest BCUT2D eigenvalue weighted by atomic mass is 35.5. The van der Waals surface area contributed by atoms with Crippen LogP contribution in [0.4, 0.5) is 5.69 Å². The molecule has 0 atom stereocenters. The van der Waals surface area contributed by atoms with E-state index in [0.29, 0.717) is 0 Å². The minimum Gasteiger partial charge on any atom is -0.478 e. The standard InChI is InChI=1S/C7H6ClNO2.ClH/c8-4-2-1-3-5(9)6(4)7(10)11;/h1-3H,9H2,(H,10,11);1H. The molecule has 0 spiro atoms. The van der Waals surface area contributed by atoms with Crippen molar-refractivity contribution in [2.75, 3.05) is 5.73 Å². The van der Waals surface area contributed by atoms with Crippen LogP contribution in [0.1, 0.15) is 10.4 Å². The van der Waals surface area contributed by atoms with Crippen LogP contribution in [0.2, 0.25) is 5.02 Å². The van der Waals surface area contributed by atoms with E-state index in [4.69, 9.17) is 22.4 Å². The zero-order valence-corrected chi connectivity index (χ0v) is 7.52. The average molecular weight is 208 g/mol. The Morgan fingerprint density at radius 1 is 1.50 bits per heavy atom. The summed E-state index contributed by atoms with van der Waals surface area (Å²) in [6, 6.07) is 4.58. The van der Waals surface area contributed by atoms with Crippen LogP contribution in [0.3, 0.4) is 0 Å². The van der Waals surface area contributed by atoms with Crippen LogP contribution < -0.4 is 5.73 Å². The Morgan fingerprint density at radius 2 is 2.08 bits per heavy atom. The van der Waals surface area contributed by atoms with Crippen LogP contribution in [0.25, 0.3) is 0 Å². The summed E-state index contributed by atoms with van der Waals surface area (Å²) < 4.78 is 0. The molecular weight excluding hydrogens is 201 g/mol. The Kier molecular flexibility index (Phi) is 3.86. The number of rotatable bonds is 1. The van der Waals surface area contributed by atoms with E-state index < -0.39 is 5.97 Å². The van der Waals surface area contributed by atoms with Crippen LogP contribution in [-0.2, 0) is 0 Å². The van der Waals surface area contributed by atoms with Gasteiger partial charge < -0.3 is 10.8 Å². The molecule has 5 heteroatoms. The van der Waals surface area contributed by atoms with Crippen molar-refractivity contribution in [1.29, 1.82) is 0 Å². The van der Waals surface area contributed by atoms with Gasteiger partial charge in [0.1, 0.15) is 5.56 Å². The van der Waals surface area contributed by atoms with Crippen molar-refractivity contribution < 1.29 is 9.90 Å². The molecule has 3 N–H and O–H groups in total. The Morgan fingerprint density at radius 3 is 2.42 bits per heavy atom. The third kappa shape index (κ3) is 2.03. The van der Waals surface area contributed by atoms with E-state index >= 15 is 0 Å². The summed E-state index contributed by atoms with van der Waals surface area (Å²) in [5.41, 5.74) is 5.51. The molecular formula is C7H7Cl2NO2.